The summed E-state index contributed by atoms with van der Waals surface area (Å²) in [6, 6.07) is 12.7. The smallest absolute Gasteiger partial charge is 0.243 e. The van der Waals surface area contributed by atoms with Gasteiger partial charge < -0.3 is 5.32 Å². The highest BCUT2D eigenvalue weighted by atomic mass is 79.9. The maximum absolute atomic E-state index is 13.0. The third-order valence-corrected chi connectivity index (χ3v) is 7.32. The fourth-order valence-electron chi connectivity index (χ4n) is 3.20. The van der Waals surface area contributed by atoms with Gasteiger partial charge in [0.05, 0.1) is 10.9 Å². The second kappa shape index (κ2) is 8.31. The van der Waals surface area contributed by atoms with Crippen molar-refractivity contribution in [1.29, 1.82) is 0 Å². The zero-order valence-corrected chi connectivity index (χ0v) is 17.9. The van der Waals surface area contributed by atoms with Crippen molar-refractivity contribution in [2.75, 3.05) is 6.54 Å². The van der Waals surface area contributed by atoms with Crippen LogP contribution in [0.15, 0.2) is 57.9 Å². The topological polar surface area (TPSA) is 66.5 Å². The molecule has 2 aromatic carbocycles. The van der Waals surface area contributed by atoms with Gasteiger partial charge in [-0.1, -0.05) is 39.7 Å². The van der Waals surface area contributed by atoms with Gasteiger partial charge in [-0.15, -0.1) is 0 Å². The van der Waals surface area contributed by atoms with E-state index in [9.17, 15) is 13.2 Å². The first-order valence-corrected chi connectivity index (χ1v) is 11.2. The standard InChI is InChI=1S/C19H20BrClN2O3S/c1-13(14-4-2-5-16(21)12-14)22-19(24)18-6-3-11-23(18)27(25,26)17-9-7-15(20)8-10-17/h2,4-5,7-10,12-13,18H,3,6,11H2,1H3,(H,22,24). The van der Waals surface area contributed by atoms with Gasteiger partial charge in [0.15, 0.2) is 0 Å². The Balaban J connectivity index is 1.77. The molecule has 2 atom stereocenters. The molecule has 1 amide bonds. The number of hydrogen-bond donors (Lipinski definition) is 1. The van der Waals surface area contributed by atoms with Crippen LogP contribution in [0.2, 0.25) is 5.02 Å². The van der Waals surface area contributed by atoms with Crippen molar-refractivity contribution in [3.63, 3.8) is 0 Å². The number of benzene rings is 2. The average Bonchev–Trinajstić information content (AvgIpc) is 3.13. The number of sulfonamides is 1. The molecule has 2 aromatic rings. The minimum atomic E-state index is -3.73. The quantitative estimate of drug-likeness (QED) is 0.713. The first-order valence-electron chi connectivity index (χ1n) is 8.62. The van der Waals surface area contributed by atoms with Crippen LogP contribution in [-0.4, -0.2) is 31.2 Å². The molecule has 0 radical (unpaired) electrons. The first-order chi connectivity index (χ1) is 12.8. The number of nitrogens with zero attached hydrogens (tertiary/aromatic N) is 1. The molecule has 0 aromatic heterocycles. The molecule has 0 spiro atoms. The van der Waals surface area contributed by atoms with E-state index >= 15 is 0 Å². The fourth-order valence-corrected chi connectivity index (χ4v) is 5.32. The lowest BCUT2D eigenvalue weighted by atomic mass is 10.1. The molecule has 1 saturated heterocycles. The molecule has 0 bridgehead atoms. The van der Waals surface area contributed by atoms with E-state index in [-0.39, 0.29) is 16.8 Å². The van der Waals surface area contributed by atoms with Crippen LogP contribution < -0.4 is 5.32 Å². The van der Waals surface area contributed by atoms with Crippen LogP contribution in [0.5, 0.6) is 0 Å². The van der Waals surface area contributed by atoms with Gasteiger partial charge >= 0.3 is 0 Å². The highest BCUT2D eigenvalue weighted by molar-refractivity contribution is 9.10. The van der Waals surface area contributed by atoms with E-state index in [1.165, 1.54) is 4.31 Å². The molecule has 1 aliphatic heterocycles. The Morgan fingerprint density at radius 1 is 1.26 bits per heavy atom. The van der Waals surface area contributed by atoms with Gasteiger partial charge in [-0.05, 0) is 61.7 Å². The minimum absolute atomic E-state index is 0.188. The molecule has 5 nitrogen and oxygen atoms in total. The van der Waals surface area contributed by atoms with E-state index < -0.39 is 16.1 Å². The summed E-state index contributed by atoms with van der Waals surface area (Å²) in [5.74, 6) is -0.291. The van der Waals surface area contributed by atoms with Crippen LogP contribution in [0.4, 0.5) is 0 Å². The largest absolute Gasteiger partial charge is 0.348 e. The Bertz CT molecular complexity index is 934. The summed E-state index contributed by atoms with van der Waals surface area (Å²) < 4.78 is 28.0. The van der Waals surface area contributed by atoms with Crippen molar-refractivity contribution in [1.82, 2.24) is 9.62 Å². The van der Waals surface area contributed by atoms with Gasteiger partial charge in [0.2, 0.25) is 15.9 Å². The van der Waals surface area contributed by atoms with Crippen LogP contribution in [0, 0.1) is 0 Å². The number of halogens is 2. The molecule has 2 unspecified atom stereocenters. The Hall–Kier alpha value is -1.41. The van der Waals surface area contributed by atoms with Crippen LogP contribution in [0.3, 0.4) is 0 Å². The van der Waals surface area contributed by atoms with Gasteiger partial charge in [0, 0.05) is 16.0 Å². The lowest BCUT2D eigenvalue weighted by molar-refractivity contribution is -0.124. The molecule has 0 saturated carbocycles. The average molecular weight is 472 g/mol. The minimum Gasteiger partial charge on any atom is -0.348 e. The normalized spacial score (nSPS) is 19.0. The first kappa shape index (κ1) is 20.3. The van der Waals surface area contributed by atoms with Crippen molar-refractivity contribution in [2.24, 2.45) is 0 Å². The van der Waals surface area contributed by atoms with Gasteiger partial charge in [-0.25, -0.2) is 8.42 Å². The third-order valence-electron chi connectivity index (χ3n) is 4.63. The maximum atomic E-state index is 13.0. The van der Waals surface area contributed by atoms with E-state index in [0.717, 1.165) is 10.0 Å². The van der Waals surface area contributed by atoms with Crippen molar-refractivity contribution < 1.29 is 13.2 Å². The maximum Gasteiger partial charge on any atom is 0.243 e. The SMILES string of the molecule is CC(NC(=O)C1CCCN1S(=O)(=O)c1ccc(Br)cc1)c1cccc(Cl)c1. The van der Waals surface area contributed by atoms with Gasteiger partial charge in [0.25, 0.3) is 0 Å². The molecule has 1 heterocycles. The molecular formula is C19H20BrClN2O3S. The fraction of sp³-hybridized carbons (Fsp3) is 0.316. The summed E-state index contributed by atoms with van der Waals surface area (Å²) in [5, 5.41) is 3.51. The number of hydrogen-bond acceptors (Lipinski definition) is 3. The Labute approximate surface area is 172 Å². The molecule has 1 aliphatic rings. The van der Waals surface area contributed by atoms with E-state index in [2.05, 4.69) is 21.2 Å². The van der Waals surface area contributed by atoms with Crippen molar-refractivity contribution in [3.05, 3.63) is 63.6 Å². The van der Waals surface area contributed by atoms with E-state index in [4.69, 9.17) is 11.6 Å². The number of carbonyl (C=O) groups is 1. The third kappa shape index (κ3) is 4.54. The number of carbonyl (C=O) groups excluding carboxylic acids is 1. The summed E-state index contributed by atoms with van der Waals surface area (Å²) >= 11 is 9.31. The van der Waals surface area contributed by atoms with E-state index in [1.54, 1.807) is 36.4 Å². The van der Waals surface area contributed by atoms with Crippen LogP contribution in [0.25, 0.3) is 0 Å². The summed E-state index contributed by atoms with van der Waals surface area (Å²) in [6.07, 6.45) is 1.16. The van der Waals surface area contributed by atoms with E-state index in [1.807, 2.05) is 19.1 Å². The predicted molar refractivity (Wildman–Crippen MR) is 109 cm³/mol. The van der Waals surface area contributed by atoms with Crippen molar-refractivity contribution in [3.8, 4) is 0 Å². The molecule has 27 heavy (non-hydrogen) atoms. The Kier molecular flexibility index (Phi) is 6.25. The Morgan fingerprint density at radius 3 is 2.63 bits per heavy atom. The molecule has 1 fully saturated rings. The highest BCUT2D eigenvalue weighted by Gasteiger charge is 2.39. The molecule has 8 heteroatoms. The summed E-state index contributed by atoms with van der Waals surface area (Å²) in [4.78, 5) is 13.0. The molecule has 0 aliphatic carbocycles. The van der Waals surface area contributed by atoms with Crippen molar-refractivity contribution >= 4 is 43.5 Å². The monoisotopic (exact) mass is 470 g/mol. The number of amides is 1. The molecule has 3 rings (SSSR count). The zero-order chi connectivity index (χ0) is 19.6. The van der Waals surface area contributed by atoms with Crippen LogP contribution in [-0.2, 0) is 14.8 Å². The lowest BCUT2D eigenvalue weighted by Crippen LogP contribution is -2.46. The summed E-state index contributed by atoms with van der Waals surface area (Å²) in [7, 11) is -3.73. The second-order valence-electron chi connectivity index (χ2n) is 6.51. The number of rotatable bonds is 5. The second-order valence-corrected chi connectivity index (χ2v) is 9.76. The highest BCUT2D eigenvalue weighted by Crippen LogP contribution is 2.28. The Morgan fingerprint density at radius 2 is 1.96 bits per heavy atom. The van der Waals surface area contributed by atoms with Gasteiger partial charge in [-0.3, -0.25) is 4.79 Å². The van der Waals surface area contributed by atoms with Gasteiger partial charge in [-0.2, -0.15) is 4.31 Å². The van der Waals surface area contributed by atoms with Crippen LogP contribution >= 0.6 is 27.5 Å². The van der Waals surface area contributed by atoms with Crippen molar-refractivity contribution in [2.45, 2.75) is 36.7 Å². The summed E-state index contributed by atoms with van der Waals surface area (Å²) in [5.41, 5.74) is 0.871. The summed E-state index contributed by atoms with van der Waals surface area (Å²) in [6.45, 7) is 2.19. The van der Waals surface area contributed by atoms with Gasteiger partial charge in [0.1, 0.15) is 6.04 Å². The predicted octanol–water partition coefficient (Wildman–Crippen LogP) is 4.13. The van der Waals surface area contributed by atoms with E-state index in [0.29, 0.717) is 24.4 Å². The molecule has 1 N–H and O–H groups in total. The van der Waals surface area contributed by atoms with Crippen LogP contribution in [0.1, 0.15) is 31.4 Å². The molecule has 144 valence electrons. The zero-order valence-electron chi connectivity index (χ0n) is 14.7. The molecular weight excluding hydrogens is 452 g/mol. The number of nitrogens with one attached hydrogen (secondary N) is 1. The lowest BCUT2D eigenvalue weighted by Gasteiger charge is -2.25.